The maximum atomic E-state index is 14.2. The van der Waals surface area contributed by atoms with E-state index in [0.29, 0.717) is 18.6 Å². The molecule has 1 heterocycles. The number of aromatic nitrogens is 2. The number of rotatable bonds is 4. The molecular formula is C18H16F5N3O2. The van der Waals surface area contributed by atoms with E-state index in [9.17, 15) is 31.5 Å². The lowest BCUT2D eigenvalue weighted by Gasteiger charge is -2.13. The molecule has 0 atom stereocenters. The largest absolute Gasteiger partial charge is 0.433 e. The van der Waals surface area contributed by atoms with Gasteiger partial charge in [-0.15, -0.1) is 0 Å². The van der Waals surface area contributed by atoms with E-state index < -0.39 is 46.0 Å². The van der Waals surface area contributed by atoms with E-state index in [-0.39, 0.29) is 15.3 Å². The van der Waals surface area contributed by atoms with Crippen molar-refractivity contribution < 1.29 is 22.0 Å². The van der Waals surface area contributed by atoms with Crippen LogP contribution in [0.3, 0.4) is 0 Å². The summed E-state index contributed by atoms with van der Waals surface area (Å²) in [7, 11) is 0. The summed E-state index contributed by atoms with van der Waals surface area (Å²) in [5.74, 6) is 7.75. The van der Waals surface area contributed by atoms with Gasteiger partial charge < -0.3 is 5.84 Å². The average molecular weight is 401 g/mol. The van der Waals surface area contributed by atoms with Gasteiger partial charge >= 0.3 is 11.9 Å². The molecule has 2 rings (SSSR count). The van der Waals surface area contributed by atoms with Crippen LogP contribution in [0.5, 0.6) is 0 Å². The van der Waals surface area contributed by atoms with Crippen molar-refractivity contribution in [2.45, 2.75) is 38.8 Å². The summed E-state index contributed by atoms with van der Waals surface area (Å²) in [6, 6.07) is 1.34. The van der Waals surface area contributed by atoms with Gasteiger partial charge in [-0.2, -0.15) is 13.2 Å². The molecule has 10 heteroatoms. The highest BCUT2D eigenvalue weighted by atomic mass is 19.4. The monoisotopic (exact) mass is 401 g/mol. The topological polar surface area (TPSA) is 70.0 Å². The number of nitrogens with zero attached hydrogens (tertiary/aromatic N) is 2. The molecule has 0 saturated heterocycles. The Morgan fingerprint density at radius 2 is 1.68 bits per heavy atom. The molecule has 0 aliphatic rings. The van der Waals surface area contributed by atoms with Gasteiger partial charge in [0.25, 0.3) is 5.56 Å². The fraction of sp³-hybridized carbons (Fsp3) is 0.333. The molecule has 150 valence electrons. The maximum absolute atomic E-state index is 14.2. The molecule has 0 aliphatic heterocycles. The summed E-state index contributed by atoms with van der Waals surface area (Å²) in [6.07, 6.45) is -1.98. The number of benzene rings is 1. The molecule has 0 spiro atoms. The zero-order chi connectivity index (χ0) is 21.1. The number of nitrogen functional groups attached to an aromatic ring is 1. The second kappa shape index (κ2) is 8.29. The third-order valence-electron chi connectivity index (χ3n) is 3.83. The highest BCUT2D eigenvalue weighted by molar-refractivity contribution is 5.44. The van der Waals surface area contributed by atoms with E-state index in [2.05, 4.69) is 11.8 Å². The van der Waals surface area contributed by atoms with E-state index in [1.807, 2.05) is 6.92 Å². The Labute approximate surface area is 156 Å². The highest BCUT2D eigenvalue weighted by Gasteiger charge is 2.35. The molecule has 0 radical (unpaired) electrons. The van der Waals surface area contributed by atoms with Crippen molar-refractivity contribution in [3.8, 4) is 17.5 Å². The van der Waals surface area contributed by atoms with Crippen molar-refractivity contribution in [1.29, 1.82) is 0 Å². The summed E-state index contributed by atoms with van der Waals surface area (Å²) < 4.78 is 66.7. The van der Waals surface area contributed by atoms with Crippen LogP contribution in [0.4, 0.5) is 22.0 Å². The second-order valence-electron chi connectivity index (χ2n) is 5.90. The van der Waals surface area contributed by atoms with Crippen LogP contribution in [0.2, 0.25) is 0 Å². The SMILES string of the molecule is CCCCCC#Cc1c(F)cc(-n2c(=O)cc(C(F)(F)F)n(N)c2=O)cc1F. The third-order valence-corrected chi connectivity index (χ3v) is 3.83. The Morgan fingerprint density at radius 1 is 1.07 bits per heavy atom. The maximum Gasteiger partial charge on any atom is 0.433 e. The zero-order valence-corrected chi connectivity index (χ0v) is 14.7. The molecule has 0 saturated carbocycles. The van der Waals surface area contributed by atoms with Gasteiger partial charge in [0.2, 0.25) is 0 Å². The Balaban J connectivity index is 2.52. The summed E-state index contributed by atoms with van der Waals surface area (Å²) in [4.78, 5) is 24.0. The Morgan fingerprint density at radius 3 is 2.21 bits per heavy atom. The highest BCUT2D eigenvalue weighted by Crippen LogP contribution is 2.26. The fourth-order valence-corrected chi connectivity index (χ4v) is 2.43. The van der Waals surface area contributed by atoms with Gasteiger partial charge in [0.1, 0.15) is 11.6 Å². The molecule has 5 nitrogen and oxygen atoms in total. The van der Waals surface area contributed by atoms with Crippen molar-refractivity contribution in [1.82, 2.24) is 9.24 Å². The summed E-state index contributed by atoms with van der Waals surface area (Å²) in [5, 5.41) is 0. The first-order chi connectivity index (χ1) is 13.1. The van der Waals surface area contributed by atoms with Gasteiger partial charge in [-0.05, 0) is 18.6 Å². The molecule has 0 fully saturated rings. The van der Waals surface area contributed by atoms with E-state index in [0.717, 1.165) is 19.3 Å². The van der Waals surface area contributed by atoms with E-state index in [1.165, 1.54) is 0 Å². The van der Waals surface area contributed by atoms with Crippen molar-refractivity contribution in [2.75, 3.05) is 5.84 Å². The number of unbranched alkanes of at least 4 members (excludes halogenated alkanes) is 3. The Hall–Kier alpha value is -3.09. The molecule has 0 aliphatic carbocycles. The second-order valence-corrected chi connectivity index (χ2v) is 5.90. The molecule has 2 aromatic rings. The standard InChI is InChI=1S/C18H16F5N3O2/c1-2-3-4-5-6-7-12-13(19)8-11(9-14(12)20)25-16(27)10-15(18(21,22)23)26(24)17(25)28/h8-10H,2-5,24H2,1H3. The van der Waals surface area contributed by atoms with Gasteiger partial charge in [0.05, 0.1) is 11.3 Å². The van der Waals surface area contributed by atoms with Gasteiger partial charge in [0, 0.05) is 12.5 Å². The van der Waals surface area contributed by atoms with Crippen LogP contribution in [0.25, 0.3) is 5.69 Å². The number of hydrogen-bond donors (Lipinski definition) is 1. The minimum Gasteiger partial charge on any atom is -0.335 e. The van der Waals surface area contributed by atoms with Crippen LogP contribution in [-0.4, -0.2) is 9.24 Å². The van der Waals surface area contributed by atoms with Gasteiger partial charge in [0.15, 0.2) is 5.69 Å². The van der Waals surface area contributed by atoms with E-state index in [1.54, 1.807) is 0 Å². The minimum absolute atomic E-state index is 0.0681. The predicted octanol–water partition coefficient (Wildman–Crippen LogP) is 2.94. The quantitative estimate of drug-likeness (QED) is 0.371. The third kappa shape index (κ3) is 4.42. The molecule has 0 bridgehead atoms. The van der Waals surface area contributed by atoms with Gasteiger partial charge in [-0.25, -0.2) is 22.8 Å². The predicted molar refractivity (Wildman–Crippen MR) is 92.4 cm³/mol. The first-order valence-corrected chi connectivity index (χ1v) is 8.27. The fourth-order valence-electron chi connectivity index (χ4n) is 2.43. The summed E-state index contributed by atoms with van der Waals surface area (Å²) in [6.45, 7) is 1.99. The van der Waals surface area contributed by atoms with Crippen molar-refractivity contribution in [3.63, 3.8) is 0 Å². The Kier molecular flexibility index (Phi) is 6.28. The lowest BCUT2D eigenvalue weighted by molar-refractivity contribution is -0.143. The first kappa shape index (κ1) is 21.2. The number of alkyl halides is 3. The van der Waals surface area contributed by atoms with Crippen LogP contribution >= 0.6 is 0 Å². The molecule has 1 aromatic heterocycles. The summed E-state index contributed by atoms with van der Waals surface area (Å²) >= 11 is 0. The number of hydrogen-bond acceptors (Lipinski definition) is 3. The number of nitrogens with two attached hydrogens (primary N) is 1. The molecule has 0 amide bonds. The molecule has 0 unspecified atom stereocenters. The van der Waals surface area contributed by atoms with E-state index in [4.69, 9.17) is 5.84 Å². The Bertz CT molecular complexity index is 1040. The van der Waals surface area contributed by atoms with Crippen LogP contribution in [0.1, 0.15) is 43.9 Å². The van der Waals surface area contributed by atoms with Crippen LogP contribution in [0, 0.1) is 23.5 Å². The average Bonchev–Trinajstić information content (AvgIpc) is 2.59. The van der Waals surface area contributed by atoms with E-state index >= 15 is 0 Å². The summed E-state index contributed by atoms with van der Waals surface area (Å²) in [5.41, 5.74) is -5.88. The molecular weight excluding hydrogens is 385 g/mol. The molecule has 28 heavy (non-hydrogen) atoms. The first-order valence-electron chi connectivity index (χ1n) is 8.27. The molecule has 2 N–H and O–H groups in total. The minimum atomic E-state index is -5.06. The molecule has 1 aromatic carbocycles. The lowest BCUT2D eigenvalue weighted by Crippen LogP contribution is -2.45. The van der Waals surface area contributed by atoms with Crippen LogP contribution in [-0.2, 0) is 6.18 Å². The van der Waals surface area contributed by atoms with Crippen LogP contribution < -0.4 is 17.1 Å². The zero-order valence-electron chi connectivity index (χ0n) is 14.7. The normalized spacial score (nSPS) is 11.2. The lowest BCUT2D eigenvalue weighted by atomic mass is 10.1. The van der Waals surface area contributed by atoms with Crippen molar-refractivity contribution in [2.24, 2.45) is 0 Å². The smallest absolute Gasteiger partial charge is 0.335 e. The van der Waals surface area contributed by atoms with Crippen LogP contribution in [0.15, 0.2) is 27.8 Å². The van der Waals surface area contributed by atoms with Crippen molar-refractivity contribution in [3.05, 3.63) is 61.9 Å². The number of halogens is 5. The van der Waals surface area contributed by atoms with Gasteiger partial charge in [-0.1, -0.05) is 31.6 Å². The van der Waals surface area contributed by atoms with Crippen molar-refractivity contribution >= 4 is 0 Å². The van der Waals surface area contributed by atoms with Gasteiger partial charge in [-0.3, -0.25) is 4.79 Å².